The second kappa shape index (κ2) is 6.60. The van der Waals surface area contributed by atoms with Crippen LogP contribution in [0, 0.1) is 0 Å². The smallest absolute Gasteiger partial charge is 0.117 e. The van der Waals surface area contributed by atoms with Gasteiger partial charge < -0.3 is 14.8 Å². The van der Waals surface area contributed by atoms with Gasteiger partial charge in [-0.2, -0.15) is 15.4 Å². The average Bonchev–Trinajstić information content (AvgIpc) is 2.98. The van der Waals surface area contributed by atoms with E-state index in [1.807, 2.05) is 30.3 Å². The zero-order valence-electron chi connectivity index (χ0n) is 11.2. The lowest BCUT2D eigenvalue weighted by Crippen LogP contribution is -2.37. The summed E-state index contributed by atoms with van der Waals surface area (Å²) < 4.78 is 10.9. The fourth-order valence-electron chi connectivity index (χ4n) is 2.21. The van der Waals surface area contributed by atoms with Gasteiger partial charge in [-0.25, -0.2) is 0 Å². The first-order chi connectivity index (χ1) is 9.93. The van der Waals surface area contributed by atoms with Crippen molar-refractivity contribution in [3.8, 4) is 11.3 Å². The molecule has 0 radical (unpaired) electrons. The van der Waals surface area contributed by atoms with Gasteiger partial charge in [0.2, 0.25) is 0 Å². The molecule has 0 aliphatic carbocycles. The van der Waals surface area contributed by atoms with Crippen molar-refractivity contribution in [1.82, 2.24) is 20.7 Å². The summed E-state index contributed by atoms with van der Waals surface area (Å²) in [5.74, 6) is 0. The highest BCUT2D eigenvalue weighted by Crippen LogP contribution is 2.18. The Kier molecular flexibility index (Phi) is 4.37. The van der Waals surface area contributed by atoms with Crippen molar-refractivity contribution in [2.75, 3.05) is 26.4 Å². The summed E-state index contributed by atoms with van der Waals surface area (Å²) in [7, 11) is 0. The molecule has 1 aliphatic heterocycles. The number of nitrogens with one attached hydrogen (secondary N) is 2. The SMILES string of the molecule is c1ccc(-c2n[nH]nc2CNCC2COCCO2)cc1. The summed E-state index contributed by atoms with van der Waals surface area (Å²) in [6, 6.07) is 10.0. The van der Waals surface area contributed by atoms with Gasteiger partial charge in [0.05, 0.1) is 25.9 Å². The first-order valence-electron chi connectivity index (χ1n) is 6.78. The Morgan fingerprint density at radius 1 is 1.20 bits per heavy atom. The van der Waals surface area contributed by atoms with Crippen molar-refractivity contribution in [3.05, 3.63) is 36.0 Å². The molecular formula is C14H18N4O2. The van der Waals surface area contributed by atoms with Gasteiger partial charge in [-0.3, -0.25) is 0 Å². The molecule has 6 nitrogen and oxygen atoms in total. The molecule has 6 heteroatoms. The fraction of sp³-hybridized carbons (Fsp3) is 0.429. The van der Waals surface area contributed by atoms with Crippen LogP contribution in [0.15, 0.2) is 30.3 Å². The molecule has 2 N–H and O–H groups in total. The summed E-state index contributed by atoms with van der Waals surface area (Å²) in [6.07, 6.45) is 0.121. The molecule has 1 saturated heterocycles. The quantitative estimate of drug-likeness (QED) is 0.850. The summed E-state index contributed by atoms with van der Waals surface area (Å²) in [5, 5.41) is 14.5. The van der Waals surface area contributed by atoms with E-state index in [1.165, 1.54) is 0 Å². The minimum atomic E-state index is 0.121. The lowest BCUT2D eigenvalue weighted by molar-refractivity contribution is -0.0864. The largest absolute Gasteiger partial charge is 0.376 e. The summed E-state index contributed by atoms with van der Waals surface area (Å²) in [6.45, 7) is 3.42. The molecule has 2 heterocycles. The van der Waals surface area contributed by atoms with Gasteiger partial charge in [-0.1, -0.05) is 30.3 Å². The van der Waals surface area contributed by atoms with Gasteiger partial charge in [0, 0.05) is 18.7 Å². The Bertz CT molecular complexity index is 523. The highest BCUT2D eigenvalue weighted by atomic mass is 16.6. The van der Waals surface area contributed by atoms with Crippen LogP contribution >= 0.6 is 0 Å². The van der Waals surface area contributed by atoms with Crippen molar-refractivity contribution in [3.63, 3.8) is 0 Å². The van der Waals surface area contributed by atoms with E-state index >= 15 is 0 Å². The first-order valence-corrected chi connectivity index (χ1v) is 6.78. The maximum Gasteiger partial charge on any atom is 0.117 e. The van der Waals surface area contributed by atoms with Crippen molar-refractivity contribution >= 4 is 0 Å². The number of benzene rings is 1. The van der Waals surface area contributed by atoms with E-state index in [-0.39, 0.29) is 6.10 Å². The standard InChI is InChI=1S/C14H18N4O2/c1-2-4-11(5-3-1)14-13(16-18-17-14)9-15-8-12-10-19-6-7-20-12/h1-5,12,15H,6-10H2,(H,16,17,18). The maximum absolute atomic E-state index is 5.58. The predicted molar refractivity (Wildman–Crippen MR) is 74.1 cm³/mol. The Labute approximate surface area is 117 Å². The van der Waals surface area contributed by atoms with E-state index in [4.69, 9.17) is 9.47 Å². The molecule has 1 aromatic carbocycles. The number of aromatic amines is 1. The normalized spacial score (nSPS) is 19.1. The summed E-state index contributed by atoms with van der Waals surface area (Å²) in [5.41, 5.74) is 2.86. The van der Waals surface area contributed by atoms with Crippen molar-refractivity contribution < 1.29 is 9.47 Å². The summed E-state index contributed by atoms with van der Waals surface area (Å²) in [4.78, 5) is 0. The molecule has 1 atom stereocenters. The topological polar surface area (TPSA) is 72.1 Å². The maximum atomic E-state index is 5.58. The molecule has 0 bridgehead atoms. The highest BCUT2D eigenvalue weighted by Gasteiger charge is 2.15. The van der Waals surface area contributed by atoms with Crippen LogP contribution in [0.5, 0.6) is 0 Å². The van der Waals surface area contributed by atoms with Gasteiger partial charge in [-0.15, -0.1) is 0 Å². The zero-order chi connectivity index (χ0) is 13.6. The third-order valence-corrected chi connectivity index (χ3v) is 3.22. The van der Waals surface area contributed by atoms with Gasteiger partial charge in [-0.05, 0) is 0 Å². The van der Waals surface area contributed by atoms with Crippen molar-refractivity contribution in [1.29, 1.82) is 0 Å². The van der Waals surface area contributed by atoms with Crippen molar-refractivity contribution in [2.45, 2.75) is 12.6 Å². The Morgan fingerprint density at radius 3 is 2.90 bits per heavy atom. The molecule has 0 amide bonds. The van der Waals surface area contributed by atoms with E-state index < -0.39 is 0 Å². The molecule has 0 saturated carbocycles. The van der Waals surface area contributed by atoms with Gasteiger partial charge in [0.15, 0.2) is 0 Å². The third-order valence-electron chi connectivity index (χ3n) is 3.22. The van der Waals surface area contributed by atoms with Crippen molar-refractivity contribution in [2.24, 2.45) is 0 Å². The number of hydrogen-bond acceptors (Lipinski definition) is 5. The van der Waals surface area contributed by atoms with E-state index in [0.29, 0.717) is 26.4 Å². The zero-order valence-corrected chi connectivity index (χ0v) is 11.2. The molecule has 1 aromatic heterocycles. The van der Waals surface area contributed by atoms with E-state index in [2.05, 4.69) is 20.7 Å². The monoisotopic (exact) mass is 274 g/mol. The predicted octanol–water partition coefficient (Wildman–Crippen LogP) is 0.977. The van der Waals surface area contributed by atoms with Crippen LogP contribution in [0.1, 0.15) is 5.69 Å². The molecule has 1 aliphatic rings. The van der Waals surface area contributed by atoms with E-state index in [0.717, 1.165) is 23.5 Å². The fourth-order valence-corrected chi connectivity index (χ4v) is 2.21. The number of ether oxygens (including phenoxy) is 2. The molecule has 3 rings (SSSR count). The average molecular weight is 274 g/mol. The number of rotatable bonds is 5. The van der Waals surface area contributed by atoms with Gasteiger partial charge in [0.1, 0.15) is 11.4 Å². The summed E-state index contributed by atoms with van der Waals surface area (Å²) >= 11 is 0. The lowest BCUT2D eigenvalue weighted by atomic mass is 10.1. The number of aromatic nitrogens is 3. The minimum absolute atomic E-state index is 0.121. The van der Waals surface area contributed by atoms with Crippen LogP contribution in [0.4, 0.5) is 0 Å². The van der Waals surface area contributed by atoms with Crippen LogP contribution in [0.3, 0.4) is 0 Å². The van der Waals surface area contributed by atoms with Crippen LogP contribution in [0.2, 0.25) is 0 Å². The Balaban J connectivity index is 1.57. The van der Waals surface area contributed by atoms with Crippen LogP contribution in [-0.4, -0.2) is 47.9 Å². The van der Waals surface area contributed by atoms with E-state index in [9.17, 15) is 0 Å². The first kappa shape index (κ1) is 13.2. The second-order valence-electron chi connectivity index (χ2n) is 4.68. The minimum Gasteiger partial charge on any atom is -0.376 e. The molecule has 106 valence electrons. The molecular weight excluding hydrogens is 256 g/mol. The Hall–Kier alpha value is -1.76. The van der Waals surface area contributed by atoms with Crippen LogP contribution < -0.4 is 5.32 Å². The number of hydrogen-bond donors (Lipinski definition) is 2. The number of nitrogens with zero attached hydrogens (tertiary/aromatic N) is 2. The molecule has 0 spiro atoms. The van der Waals surface area contributed by atoms with E-state index in [1.54, 1.807) is 0 Å². The van der Waals surface area contributed by atoms with Crippen LogP contribution in [-0.2, 0) is 16.0 Å². The molecule has 2 aromatic rings. The van der Waals surface area contributed by atoms with Gasteiger partial charge >= 0.3 is 0 Å². The second-order valence-corrected chi connectivity index (χ2v) is 4.68. The lowest BCUT2D eigenvalue weighted by Gasteiger charge is -2.23. The highest BCUT2D eigenvalue weighted by molar-refractivity contribution is 5.60. The molecule has 20 heavy (non-hydrogen) atoms. The van der Waals surface area contributed by atoms with Crippen LogP contribution in [0.25, 0.3) is 11.3 Å². The number of H-pyrrole nitrogens is 1. The third kappa shape index (κ3) is 3.22. The Morgan fingerprint density at radius 2 is 2.10 bits per heavy atom. The molecule has 1 fully saturated rings. The van der Waals surface area contributed by atoms with Gasteiger partial charge in [0.25, 0.3) is 0 Å². The molecule has 1 unspecified atom stereocenters.